The molecule has 0 aliphatic heterocycles. The number of hydrogen-bond donors (Lipinski definition) is 4. The Bertz CT molecular complexity index is 1180. The van der Waals surface area contributed by atoms with Gasteiger partial charge in [0.1, 0.15) is 11.6 Å². The third kappa shape index (κ3) is 4.59. The van der Waals surface area contributed by atoms with Crippen LogP contribution < -0.4 is 11.1 Å². The van der Waals surface area contributed by atoms with E-state index < -0.39 is 11.9 Å². The molecule has 0 aliphatic rings. The highest BCUT2D eigenvalue weighted by atomic mass is 19.1. The van der Waals surface area contributed by atoms with E-state index in [2.05, 4.69) is 20.5 Å². The number of nitrogens with one attached hydrogen (secondary N) is 2. The zero-order valence-electron chi connectivity index (χ0n) is 16.4. The van der Waals surface area contributed by atoms with Crippen molar-refractivity contribution in [2.75, 3.05) is 5.32 Å². The first-order valence-electron chi connectivity index (χ1n) is 9.60. The van der Waals surface area contributed by atoms with Crippen molar-refractivity contribution in [1.82, 2.24) is 15.2 Å². The number of benzene rings is 2. The number of aromatic hydroxyl groups is 1. The van der Waals surface area contributed by atoms with Gasteiger partial charge in [-0.1, -0.05) is 12.1 Å². The quantitative estimate of drug-likeness (QED) is 0.383. The van der Waals surface area contributed by atoms with Crippen LogP contribution in [0.2, 0.25) is 0 Å². The average Bonchev–Trinajstić information content (AvgIpc) is 3.19. The van der Waals surface area contributed by atoms with Crippen LogP contribution in [0.1, 0.15) is 5.56 Å². The minimum absolute atomic E-state index is 0.147. The lowest BCUT2D eigenvalue weighted by Gasteiger charge is -2.13. The maximum absolute atomic E-state index is 13.4. The summed E-state index contributed by atoms with van der Waals surface area (Å²) in [5.41, 5.74) is 9.70. The summed E-state index contributed by atoms with van der Waals surface area (Å²) in [5, 5.41) is 19.4. The van der Waals surface area contributed by atoms with E-state index in [1.807, 2.05) is 0 Å². The highest BCUT2D eigenvalue weighted by Crippen LogP contribution is 2.36. The normalized spacial score (nSPS) is 11.8. The minimum Gasteiger partial charge on any atom is -0.508 e. The van der Waals surface area contributed by atoms with Crippen LogP contribution in [-0.4, -0.2) is 32.2 Å². The van der Waals surface area contributed by atoms with Crippen LogP contribution in [0.4, 0.5) is 10.2 Å². The average molecular weight is 417 g/mol. The Labute approximate surface area is 177 Å². The van der Waals surface area contributed by atoms with Crippen molar-refractivity contribution < 1.29 is 14.3 Å². The molecule has 1 amide bonds. The summed E-state index contributed by atoms with van der Waals surface area (Å²) in [5.74, 6) is -0.284. The number of phenolic OH excluding ortho intramolecular Hbond substituents is 1. The molecule has 0 spiro atoms. The predicted octanol–water partition coefficient (Wildman–Crippen LogP) is 3.49. The Morgan fingerprint density at radius 2 is 1.71 bits per heavy atom. The third-order valence-electron chi connectivity index (χ3n) is 4.84. The molecule has 0 bridgehead atoms. The molecule has 8 heteroatoms. The van der Waals surface area contributed by atoms with E-state index in [1.165, 1.54) is 12.1 Å². The second kappa shape index (κ2) is 8.76. The number of aromatic nitrogens is 3. The molecule has 2 heterocycles. The maximum Gasteiger partial charge on any atom is 0.242 e. The van der Waals surface area contributed by atoms with Gasteiger partial charge in [-0.2, -0.15) is 5.10 Å². The summed E-state index contributed by atoms with van der Waals surface area (Å²) >= 11 is 0. The molecule has 0 aliphatic carbocycles. The molecule has 7 nitrogen and oxygen atoms in total. The van der Waals surface area contributed by atoms with Gasteiger partial charge in [-0.05, 0) is 66.1 Å². The van der Waals surface area contributed by atoms with Crippen LogP contribution in [0.5, 0.6) is 5.75 Å². The molecular weight excluding hydrogens is 397 g/mol. The smallest absolute Gasteiger partial charge is 0.242 e. The SMILES string of the molecule is N[C@@H](Cc1ccc(O)cc1)C(=O)Nc1n[nH]c(-c2ccc(F)cc2)c1-c1ccncc1. The zero-order chi connectivity index (χ0) is 21.8. The lowest BCUT2D eigenvalue weighted by molar-refractivity contribution is -0.117. The van der Waals surface area contributed by atoms with E-state index in [0.717, 1.165) is 16.7 Å². The molecular formula is C23H20FN5O2. The van der Waals surface area contributed by atoms with Gasteiger partial charge >= 0.3 is 0 Å². The fourth-order valence-corrected chi connectivity index (χ4v) is 3.25. The van der Waals surface area contributed by atoms with Gasteiger partial charge in [0.25, 0.3) is 0 Å². The van der Waals surface area contributed by atoms with Crippen LogP contribution >= 0.6 is 0 Å². The largest absolute Gasteiger partial charge is 0.508 e. The summed E-state index contributed by atoms with van der Waals surface area (Å²) in [6.45, 7) is 0. The molecule has 1 atom stereocenters. The number of carbonyl (C=O) groups excluding carboxylic acids is 1. The number of rotatable bonds is 6. The van der Waals surface area contributed by atoms with E-state index in [1.54, 1.807) is 60.9 Å². The molecule has 2 aromatic heterocycles. The topological polar surface area (TPSA) is 117 Å². The highest BCUT2D eigenvalue weighted by molar-refractivity contribution is 6.00. The summed E-state index contributed by atoms with van der Waals surface area (Å²) in [4.78, 5) is 16.8. The van der Waals surface area contributed by atoms with Crippen LogP contribution in [0.25, 0.3) is 22.4 Å². The van der Waals surface area contributed by atoms with Crippen LogP contribution in [0, 0.1) is 5.82 Å². The number of amides is 1. The van der Waals surface area contributed by atoms with Crippen LogP contribution in [-0.2, 0) is 11.2 Å². The summed E-state index contributed by atoms with van der Waals surface area (Å²) < 4.78 is 13.4. The Hall–Kier alpha value is -4.04. The number of pyridine rings is 1. The number of aromatic amines is 1. The molecule has 4 aromatic rings. The van der Waals surface area contributed by atoms with Crippen molar-refractivity contribution in [2.24, 2.45) is 5.73 Å². The maximum atomic E-state index is 13.4. The van der Waals surface area contributed by atoms with Gasteiger partial charge in [-0.15, -0.1) is 0 Å². The van der Waals surface area contributed by atoms with Crippen LogP contribution in [0.3, 0.4) is 0 Å². The molecule has 31 heavy (non-hydrogen) atoms. The van der Waals surface area contributed by atoms with Gasteiger partial charge in [0, 0.05) is 18.0 Å². The summed E-state index contributed by atoms with van der Waals surface area (Å²) in [7, 11) is 0. The lowest BCUT2D eigenvalue weighted by atomic mass is 10.0. The van der Waals surface area contributed by atoms with Gasteiger partial charge in [0.2, 0.25) is 5.91 Å². The first-order chi connectivity index (χ1) is 15.0. The molecule has 0 saturated carbocycles. The van der Waals surface area contributed by atoms with Crippen molar-refractivity contribution in [3.63, 3.8) is 0 Å². The standard InChI is InChI=1S/C23H20FN5O2/c24-17-5-3-16(4-6-17)21-20(15-9-11-26-12-10-15)22(29-28-21)27-23(31)19(25)13-14-1-7-18(30)8-2-14/h1-12,19,30H,13,25H2,(H2,27,28,29,31)/t19-/m0/s1. The summed E-state index contributed by atoms with van der Waals surface area (Å²) in [6.07, 6.45) is 3.57. The molecule has 0 saturated heterocycles. The second-order valence-electron chi connectivity index (χ2n) is 7.03. The molecule has 0 unspecified atom stereocenters. The fourth-order valence-electron chi connectivity index (χ4n) is 3.25. The van der Waals surface area contributed by atoms with E-state index in [-0.39, 0.29) is 11.6 Å². The number of nitrogens with zero attached hydrogens (tertiary/aromatic N) is 2. The van der Waals surface area contributed by atoms with Gasteiger partial charge < -0.3 is 16.2 Å². The molecule has 2 aromatic carbocycles. The molecule has 156 valence electrons. The number of H-pyrrole nitrogens is 1. The van der Waals surface area contributed by atoms with E-state index >= 15 is 0 Å². The monoisotopic (exact) mass is 417 g/mol. The predicted molar refractivity (Wildman–Crippen MR) is 116 cm³/mol. The molecule has 0 fully saturated rings. The number of nitrogens with two attached hydrogens (primary N) is 1. The number of phenols is 1. The number of carbonyl (C=O) groups is 1. The lowest BCUT2D eigenvalue weighted by Crippen LogP contribution is -2.37. The minimum atomic E-state index is -0.819. The Kier molecular flexibility index (Phi) is 5.72. The van der Waals surface area contributed by atoms with Crippen molar-refractivity contribution in [3.8, 4) is 28.1 Å². The van der Waals surface area contributed by atoms with Crippen molar-refractivity contribution in [3.05, 3.63) is 84.4 Å². The number of hydrogen-bond acceptors (Lipinski definition) is 5. The first-order valence-corrected chi connectivity index (χ1v) is 9.60. The van der Waals surface area contributed by atoms with Gasteiger partial charge in [0.05, 0.1) is 17.3 Å². The molecule has 4 rings (SSSR count). The van der Waals surface area contributed by atoms with Crippen molar-refractivity contribution >= 4 is 11.7 Å². The van der Waals surface area contributed by atoms with E-state index in [9.17, 15) is 14.3 Å². The Balaban J connectivity index is 1.62. The number of halogens is 1. The van der Waals surface area contributed by atoms with E-state index in [0.29, 0.717) is 23.5 Å². The highest BCUT2D eigenvalue weighted by Gasteiger charge is 2.21. The number of anilines is 1. The van der Waals surface area contributed by atoms with E-state index in [4.69, 9.17) is 5.73 Å². The molecule has 5 N–H and O–H groups in total. The van der Waals surface area contributed by atoms with Crippen molar-refractivity contribution in [1.29, 1.82) is 0 Å². The first kappa shape index (κ1) is 20.2. The van der Waals surface area contributed by atoms with Gasteiger partial charge in [-0.25, -0.2) is 4.39 Å². The van der Waals surface area contributed by atoms with Gasteiger partial charge in [0.15, 0.2) is 5.82 Å². The fraction of sp³-hybridized carbons (Fsp3) is 0.0870. The molecule has 0 radical (unpaired) electrons. The Morgan fingerprint density at radius 1 is 1.03 bits per heavy atom. The Morgan fingerprint density at radius 3 is 2.39 bits per heavy atom. The zero-order valence-corrected chi connectivity index (χ0v) is 16.4. The third-order valence-corrected chi connectivity index (χ3v) is 4.84. The summed E-state index contributed by atoms with van der Waals surface area (Å²) in [6, 6.07) is 15.3. The van der Waals surface area contributed by atoms with Crippen LogP contribution in [0.15, 0.2) is 73.1 Å². The van der Waals surface area contributed by atoms with Crippen molar-refractivity contribution in [2.45, 2.75) is 12.5 Å². The van der Waals surface area contributed by atoms with Gasteiger partial charge in [-0.3, -0.25) is 14.9 Å². The second-order valence-corrected chi connectivity index (χ2v) is 7.03.